The molecule has 1 saturated heterocycles. The lowest BCUT2D eigenvalue weighted by Crippen LogP contribution is -2.28. The minimum absolute atomic E-state index is 0.242. The van der Waals surface area contributed by atoms with Crippen LogP contribution in [0.3, 0.4) is 0 Å². The minimum atomic E-state index is -0.560. The second-order valence-corrected chi connectivity index (χ2v) is 2.95. The first-order valence-corrected chi connectivity index (χ1v) is 3.07. The maximum Gasteiger partial charge on any atom is 0.362 e. The summed E-state index contributed by atoms with van der Waals surface area (Å²) in [6, 6.07) is 0. The average Bonchev–Trinajstić information content (AvgIpc) is 2.56. The van der Waals surface area contributed by atoms with Crippen molar-refractivity contribution in [1.82, 2.24) is 0 Å². The number of carbonyl (C=O) groups excluding carboxylic acids is 2. The second kappa shape index (κ2) is 1.33. The fraction of sp³-hybridized carbons (Fsp3) is 0.667. The topological polar surface area (TPSA) is 52.6 Å². The van der Waals surface area contributed by atoms with Crippen LogP contribution < -0.4 is 0 Å². The standard InChI is InChI=1S/C6H6O4/c1-6-2-3(6)4(7)9-10-5(6)8/h3H,2H2,1H3. The minimum Gasteiger partial charge on any atom is -0.247 e. The number of carbonyl (C=O) groups is 2. The van der Waals surface area contributed by atoms with Crippen molar-refractivity contribution < 1.29 is 19.4 Å². The summed E-state index contributed by atoms with van der Waals surface area (Å²) in [6.07, 6.45) is 0.574. The van der Waals surface area contributed by atoms with Gasteiger partial charge in [0.2, 0.25) is 0 Å². The fourth-order valence-corrected chi connectivity index (χ4v) is 1.17. The quantitative estimate of drug-likeness (QED) is 0.447. The van der Waals surface area contributed by atoms with Crippen LogP contribution in [0.1, 0.15) is 13.3 Å². The van der Waals surface area contributed by atoms with Crippen molar-refractivity contribution in [2.45, 2.75) is 13.3 Å². The van der Waals surface area contributed by atoms with Gasteiger partial charge in [0.1, 0.15) is 0 Å². The molecule has 2 rings (SSSR count). The van der Waals surface area contributed by atoms with Crippen LogP contribution in [0, 0.1) is 11.3 Å². The summed E-state index contributed by atoms with van der Waals surface area (Å²) in [6.45, 7) is 1.71. The van der Waals surface area contributed by atoms with E-state index in [1.54, 1.807) is 6.92 Å². The van der Waals surface area contributed by atoms with Crippen LogP contribution in [0.4, 0.5) is 0 Å². The zero-order valence-electron chi connectivity index (χ0n) is 5.42. The van der Waals surface area contributed by atoms with E-state index in [0.29, 0.717) is 6.42 Å². The SMILES string of the molecule is CC12CC1C(=O)OOC2=O. The highest BCUT2D eigenvalue weighted by Gasteiger charge is 2.66. The molecule has 0 aromatic heterocycles. The van der Waals surface area contributed by atoms with E-state index in [1.807, 2.05) is 0 Å². The maximum absolute atomic E-state index is 10.8. The Balaban J connectivity index is 2.27. The molecular weight excluding hydrogens is 136 g/mol. The highest BCUT2D eigenvalue weighted by molar-refractivity contribution is 5.93. The molecule has 4 heteroatoms. The fourth-order valence-electron chi connectivity index (χ4n) is 1.17. The molecule has 0 amide bonds. The van der Waals surface area contributed by atoms with Gasteiger partial charge in [-0.15, -0.1) is 0 Å². The van der Waals surface area contributed by atoms with Gasteiger partial charge in [0.05, 0.1) is 11.3 Å². The van der Waals surface area contributed by atoms with Crippen LogP contribution >= 0.6 is 0 Å². The maximum atomic E-state index is 10.8. The van der Waals surface area contributed by atoms with Gasteiger partial charge in [-0.05, 0) is 13.3 Å². The van der Waals surface area contributed by atoms with E-state index in [4.69, 9.17) is 0 Å². The molecule has 4 nitrogen and oxygen atoms in total. The Labute approximate surface area is 57.0 Å². The largest absolute Gasteiger partial charge is 0.362 e. The Hall–Kier alpha value is -1.06. The van der Waals surface area contributed by atoms with Crippen LogP contribution in [-0.4, -0.2) is 11.9 Å². The van der Waals surface area contributed by atoms with Gasteiger partial charge in [-0.3, -0.25) is 0 Å². The highest BCUT2D eigenvalue weighted by atomic mass is 17.2. The van der Waals surface area contributed by atoms with E-state index in [0.717, 1.165) is 0 Å². The molecule has 54 valence electrons. The summed E-state index contributed by atoms with van der Waals surface area (Å²) in [7, 11) is 0. The summed E-state index contributed by atoms with van der Waals surface area (Å²) in [5.41, 5.74) is -0.560. The molecule has 0 aromatic rings. The third kappa shape index (κ3) is 0.465. The lowest BCUT2D eigenvalue weighted by molar-refractivity contribution is -0.273. The predicted molar refractivity (Wildman–Crippen MR) is 28.4 cm³/mol. The van der Waals surface area contributed by atoms with Crippen molar-refractivity contribution in [1.29, 1.82) is 0 Å². The van der Waals surface area contributed by atoms with Crippen LogP contribution in [0.15, 0.2) is 0 Å². The summed E-state index contributed by atoms with van der Waals surface area (Å²) < 4.78 is 0. The van der Waals surface area contributed by atoms with Crippen molar-refractivity contribution in [3.05, 3.63) is 0 Å². The first kappa shape index (κ1) is 5.70. The third-order valence-electron chi connectivity index (χ3n) is 2.19. The molecule has 10 heavy (non-hydrogen) atoms. The van der Waals surface area contributed by atoms with E-state index in [-0.39, 0.29) is 5.92 Å². The lowest BCUT2D eigenvalue weighted by Gasteiger charge is -2.12. The summed E-state index contributed by atoms with van der Waals surface area (Å²) in [4.78, 5) is 29.8. The third-order valence-corrected chi connectivity index (χ3v) is 2.19. The Bertz CT molecular complexity index is 222. The molecule has 2 atom stereocenters. The Kier molecular flexibility index (Phi) is 0.760. The van der Waals surface area contributed by atoms with E-state index >= 15 is 0 Å². The molecule has 0 N–H and O–H groups in total. The van der Waals surface area contributed by atoms with Crippen LogP contribution in [0.5, 0.6) is 0 Å². The first-order chi connectivity index (χ1) is 4.64. The van der Waals surface area contributed by atoms with Crippen molar-refractivity contribution in [2.75, 3.05) is 0 Å². The number of rotatable bonds is 0. The molecule has 1 aliphatic heterocycles. The predicted octanol–water partition coefficient (Wildman–Crippen LogP) is 0.0276. The molecule has 0 radical (unpaired) electrons. The Morgan fingerprint density at radius 2 is 2.20 bits per heavy atom. The molecule has 0 spiro atoms. The summed E-state index contributed by atoms with van der Waals surface area (Å²) >= 11 is 0. The highest BCUT2D eigenvalue weighted by Crippen LogP contribution is 2.55. The van der Waals surface area contributed by atoms with Gasteiger partial charge in [0.25, 0.3) is 0 Å². The van der Waals surface area contributed by atoms with Crippen molar-refractivity contribution in [3.63, 3.8) is 0 Å². The number of hydrogen-bond acceptors (Lipinski definition) is 4. The molecule has 1 heterocycles. The van der Waals surface area contributed by atoms with Gasteiger partial charge in [0.15, 0.2) is 0 Å². The lowest BCUT2D eigenvalue weighted by atomic mass is 10.1. The van der Waals surface area contributed by atoms with Crippen molar-refractivity contribution in [2.24, 2.45) is 11.3 Å². The molecule has 0 bridgehead atoms. The molecule has 0 aromatic carbocycles. The van der Waals surface area contributed by atoms with Crippen molar-refractivity contribution in [3.8, 4) is 0 Å². The van der Waals surface area contributed by atoms with Gasteiger partial charge in [0, 0.05) is 0 Å². The zero-order valence-corrected chi connectivity index (χ0v) is 5.42. The zero-order chi connectivity index (χ0) is 7.35. The van der Waals surface area contributed by atoms with Crippen LogP contribution in [0.25, 0.3) is 0 Å². The van der Waals surface area contributed by atoms with Gasteiger partial charge in [-0.2, -0.15) is 0 Å². The summed E-state index contributed by atoms with van der Waals surface area (Å²) in [5, 5.41) is 0. The van der Waals surface area contributed by atoms with Gasteiger partial charge in [-0.25, -0.2) is 19.4 Å². The van der Waals surface area contributed by atoms with E-state index < -0.39 is 17.4 Å². The number of fused-ring (bicyclic) bond motifs is 1. The molecule has 1 saturated carbocycles. The van der Waals surface area contributed by atoms with Gasteiger partial charge >= 0.3 is 11.9 Å². The second-order valence-electron chi connectivity index (χ2n) is 2.95. The normalized spacial score (nSPS) is 43.5. The monoisotopic (exact) mass is 142 g/mol. The van der Waals surface area contributed by atoms with Crippen LogP contribution in [-0.2, 0) is 19.4 Å². The molecule has 2 unspecified atom stereocenters. The smallest absolute Gasteiger partial charge is 0.247 e. The molecule has 2 aliphatic rings. The average molecular weight is 142 g/mol. The molecular formula is C6H6O4. The van der Waals surface area contributed by atoms with Gasteiger partial charge < -0.3 is 0 Å². The van der Waals surface area contributed by atoms with E-state index in [1.165, 1.54) is 0 Å². The summed E-state index contributed by atoms with van der Waals surface area (Å²) in [5.74, 6) is -1.08. The van der Waals surface area contributed by atoms with Gasteiger partial charge in [-0.1, -0.05) is 0 Å². The number of hydrogen-bond donors (Lipinski definition) is 0. The van der Waals surface area contributed by atoms with E-state index in [2.05, 4.69) is 9.78 Å². The van der Waals surface area contributed by atoms with Crippen molar-refractivity contribution >= 4 is 11.9 Å². The Morgan fingerprint density at radius 1 is 1.50 bits per heavy atom. The molecule has 2 fully saturated rings. The first-order valence-electron chi connectivity index (χ1n) is 3.07. The molecule has 1 aliphatic carbocycles. The Morgan fingerprint density at radius 3 is 2.80 bits per heavy atom. The van der Waals surface area contributed by atoms with Crippen LogP contribution in [0.2, 0.25) is 0 Å². The van der Waals surface area contributed by atoms with E-state index in [9.17, 15) is 9.59 Å².